The van der Waals surface area contributed by atoms with Gasteiger partial charge in [-0.15, -0.1) is 10.2 Å². The highest BCUT2D eigenvalue weighted by Crippen LogP contribution is 2.29. The van der Waals surface area contributed by atoms with E-state index in [1.54, 1.807) is 0 Å². The zero-order valence-electron chi connectivity index (χ0n) is 11.1. The third kappa shape index (κ3) is 3.04. The molecule has 0 fully saturated rings. The molecule has 1 heterocycles. The molecule has 1 N–H and O–H groups in total. The Morgan fingerprint density at radius 3 is 2.85 bits per heavy atom. The molecule has 1 aromatic heterocycles. The molecule has 0 saturated heterocycles. The molecule has 0 radical (unpaired) electrons. The van der Waals surface area contributed by atoms with Gasteiger partial charge in [-0.1, -0.05) is 30.8 Å². The van der Waals surface area contributed by atoms with Crippen molar-refractivity contribution in [1.82, 2.24) is 14.8 Å². The van der Waals surface area contributed by atoms with Crippen LogP contribution in [-0.4, -0.2) is 31.6 Å². The molecule has 0 saturated carbocycles. The van der Waals surface area contributed by atoms with Crippen LogP contribution in [0, 0.1) is 6.92 Å². The quantitative estimate of drug-likeness (QED) is 0.834. The van der Waals surface area contributed by atoms with Crippen molar-refractivity contribution in [3.05, 3.63) is 34.1 Å². The summed E-state index contributed by atoms with van der Waals surface area (Å²) in [4.78, 5) is 10.7. The van der Waals surface area contributed by atoms with Crippen LogP contribution in [0.25, 0.3) is 5.69 Å². The van der Waals surface area contributed by atoms with Gasteiger partial charge in [0.1, 0.15) is 5.82 Å². The smallest absolute Gasteiger partial charge is 0.313 e. The monoisotopic (exact) mass is 355 g/mol. The fourth-order valence-electron chi connectivity index (χ4n) is 1.80. The molecule has 0 unspecified atom stereocenters. The summed E-state index contributed by atoms with van der Waals surface area (Å²) >= 11 is 4.75. The van der Waals surface area contributed by atoms with E-state index in [0.29, 0.717) is 5.16 Å². The van der Waals surface area contributed by atoms with E-state index < -0.39 is 5.97 Å². The number of carboxylic acid groups (broad SMARTS) is 1. The maximum absolute atomic E-state index is 10.7. The molecule has 0 aliphatic rings. The number of carbonyl (C=O) groups is 1. The molecule has 106 valence electrons. The number of aryl methyl sites for hydroxylation is 2. The number of nitrogens with zero attached hydrogens (tertiary/aromatic N) is 3. The fraction of sp³-hybridized carbons (Fsp3) is 0.308. The van der Waals surface area contributed by atoms with Crippen molar-refractivity contribution in [2.75, 3.05) is 5.75 Å². The van der Waals surface area contributed by atoms with Gasteiger partial charge in [0, 0.05) is 10.9 Å². The van der Waals surface area contributed by atoms with Crippen molar-refractivity contribution in [2.45, 2.75) is 25.4 Å². The SMILES string of the molecule is CCc1nnc(SCC(=O)O)n1-c1cccc(C)c1Br. The summed E-state index contributed by atoms with van der Waals surface area (Å²) < 4.78 is 2.87. The zero-order chi connectivity index (χ0) is 14.7. The number of hydrogen-bond donors (Lipinski definition) is 1. The summed E-state index contributed by atoms with van der Waals surface area (Å²) in [5, 5.41) is 17.6. The van der Waals surface area contributed by atoms with Crippen molar-refractivity contribution in [2.24, 2.45) is 0 Å². The van der Waals surface area contributed by atoms with E-state index in [0.717, 1.165) is 28.0 Å². The Hall–Kier alpha value is -1.34. The van der Waals surface area contributed by atoms with Gasteiger partial charge >= 0.3 is 5.97 Å². The number of thioether (sulfide) groups is 1. The van der Waals surface area contributed by atoms with Crippen LogP contribution in [0.3, 0.4) is 0 Å². The van der Waals surface area contributed by atoms with Crippen molar-refractivity contribution >= 4 is 33.7 Å². The molecule has 0 aliphatic carbocycles. The van der Waals surface area contributed by atoms with Gasteiger partial charge in [0.05, 0.1) is 11.4 Å². The molecule has 2 aromatic rings. The average Bonchev–Trinajstić information content (AvgIpc) is 2.82. The third-order valence-corrected chi connectivity index (χ3v) is 4.70. The largest absolute Gasteiger partial charge is 0.481 e. The number of benzene rings is 1. The van der Waals surface area contributed by atoms with Crippen LogP contribution >= 0.6 is 27.7 Å². The summed E-state index contributed by atoms with van der Waals surface area (Å²) in [6.07, 6.45) is 0.723. The van der Waals surface area contributed by atoms with Gasteiger partial charge < -0.3 is 5.11 Å². The molecule has 0 atom stereocenters. The standard InChI is InChI=1S/C13H14BrN3O2S/c1-3-10-15-16-13(20-7-11(18)19)17(10)9-6-4-5-8(2)12(9)14/h4-6H,3,7H2,1-2H3,(H,18,19). The molecular formula is C13H14BrN3O2S. The van der Waals surface area contributed by atoms with Crippen LogP contribution in [0.2, 0.25) is 0 Å². The molecule has 20 heavy (non-hydrogen) atoms. The van der Waals surface area contributed by atoms with Gasteiger partial charge in [0.15, 0.2) is 5.16 Å². The first-order valence-electron chi connectivity index (χ1n) is 6.09. The Labute approximate surface area is 129 Å². The summed E-state index contributed by atoms with van der Waals surface area (Å²) in [7, 11) is 0. The molecule has 1 aromatic carbocycles. The molecular weight excluding hydrogens is 342 g/mol. The summed E-state index contributed by atoms with van der Waals surface area (Å²) in [5.74, 6) is -0.0965. The van der Waals surface area contributed by atoms with E-state index in [4.69, 9.17) is 5.11 Å². The predicted octanol–water partition coefficient (Wildman–Crippen LogP) is 3.08. The lowest BCUT2D eigenvalue weighted by atomic mass is 10.2. The highest BCUT2D eigenvalue weighted by Gasteiger charge is 2.16. The minimum Gasteiger partial charge on any atom is -0.481 e. The molecule has 0 amide bonds. The first kappa shape index (κ1) is 15.1. The first-order valence-corrected chi connectivity index (χ1v) is 7.86. The van der Waals surface area contributed by atoms with E-state index in [2.05, 4.69) is 26.1 Å². The zero-order valence-corrected chi connectivity index (χ0v) is 13.5. The average molecular weight is 356 g/mol. The summed E-state index contributed by atoms with van der Waals surface area (Å²) in [5.41, 5.74) is 2.03. The number of aliphatic carboxylic acids is 1. The summed E-state index contributed by atoms with van der Waals surface area (Å²) in [6, 6.07) is 5.93. The number of rotatable bonds is 5. The van der Waals surface area contributed by atoms with Crippen molar-refractivity contribution in [3.63, 3.8) is 0 Å². The molecule has 2 rings (SSSR count). The molecule has 7 heteroatoms. The second-order valence-corrected chi connectivity index (χ2v) is 5.91. The Balaban J connectivity index is 2.50. The third-order valence-electron chi connectivity index (χ3n) is 2.75. The first-order chi connectivity index (χ1) is 9.54. The minimum absolute atomic E-state index is 0.0364. The lowest BCUT2D eigenvalue weighted by molar-refractivity contribution is -0.133. The van der Waals surface area contributed by atoms with Gasteiger partial charge in [-0.2, -0.15) is 0 Å². The van der Waals surface area contributed by atoms with Crippen LogP contribution in [0.15, 0.2) is 27.8 Å². The lowest BCUT2D eigenvalue weighted by Gasteiger charge is -2.12. The van der Waals surface area contributed by atoms with Gasteiger partial charge in [-0.05, 0) is 34.5 Å². The fourth-order valence-corrected chi connectivity index (χ4v) is 2.92. The number of aromatic nitrogens is 3. The van der Waals surface area contributed by atoms with Crippen LogP contribution in [-0.2, 0) is 11.2 Å². The number of halogens is 1. The Morgan fingerprint density at radius 2 is 2.20 bits per heavy atom. The van der Waals surface area contributed by atoms with Gasteiger partial charge in [0.2, 0.25) is 0 Å². The van der Waals surface area contributed by atoms with Gasteiger partial charge in [-0.3, -0.25) is 9.36 Å². The molecule has 5 nitrogen and oxygen atoms in total. The predicted molar refractivity (Wildman–Crippen MR) is 81.5 cm³/mol. The van der Waals surface area contributed by atoms with Gasteiger partial charge in [-0.25, -0.2) is 0 Å². The van der Waals surface area contributed by atoms with Crippen LogP contribution in [0.5, 0.6) is 0 Å². The van der Waals surface area contributed by atoms with E-state index in [1.165, 1.54) is 11.8 Å². The van der Waals surface area contributed by atoms with E-state index in [-0.39, 0.29) is 5.75 Å². The number of carboxylic acids is 1. The van der Waals surface area contributed by atoms with Crippen LogP contribution in [0.1, 0.15) is 18.3 Å². The number of hydrogen-bond acceptors (Lipinski definition) is 4. The second-order valence-electron chi connectivity index (χ2n) is 4.18. The Morgan fingerprint density at radius 1 is 1.45 bits per heavy atom. The summed E-state index contributed by atoms with van der Waals surface area (Å²) in [6.45, 7) is 4.00. The van der Waals surface area contributed by atoms with Crippen LogP contribution in [0.4, 0.5) is 0 Å². The van der Waals surface area contributed by atoms with E-state index in [9.17, 15) is 4.79 Å². The van der Waals surface area contributed by atoms with E-state index >= 15 is 0 Å². The lowest BCUT2D eigenvalue weighted by Crippen LogP contribution is -2.05. The highest BCUT2D eigenvalue weighted by atomic mass is 79.9. The van der Waals surface area contributed by atoms with Gasteiger partial charge in [0.25, 0.3) is 0 Å². The maximum atomic E-state index is 10.7. The Bertz CT molecular complexity index is 643. The van der Waals surface area contributed by atoms with Crippen LogP contribution < -0.4 is 0 Å². The Kier molecular flexibility index (Phi) is 4.82. The maximum Gasteiger partial charge on any atom is 0.313 e. The molecule has 0 spiro atoms. The normalized spacial score (nSPS) is 10.8. The van der Waals surface area contributed by atoms with Crippen molar-refractivity contribution in [1.29, 1.82) is 0 Å². The van der Waals surface area contributed by atoms with Crippen molar-refractivity contribution < 1.29 is 9.90 Å². The van der Waals surface area contributed by atoms with E-state index in [1.807, 2.05) is 36.6 Å². The highest BCUT2D eigenvalue weighted by molar-refractivity contribution is 9.10. The van der Waals surface area contributed by atoms with Crippen molar-refractivity contribution in [3.8, 4) is 5.69 Å². The second kappa shape index (κ2) is 6.41. The topological polar surface area (TPSA) is 68.0 Å². The molecule has 0 bridgehead atoms. The molecule has 0 aliphatic heterocycles. The minimum atomic E-state index is -0.870.